The lowest BCUT2D eigenvalue weighted by atomic mass is 9.73. The normalized spacial score (nSPS) is 17.2. The molecule has 3 rings (SSSR count). The van der Waals surface area contributed by atoms with E-state index < -0.39 is 17.5 Å². The quantitative estimate of drug-likeness (QED) is 0.876. The van der Waals surface area contributed by atoms with Crippen LogP contribution in [-0.4, -0.2) is 41.1 Å². The summed E-state index contributed by atoms with van der Waals surface area (Å²) in [7, 11) is 0. The molecule has 1 heterocycles. The molecule has 1 aliphatic heterocycles. The van der Waals surface area contributed by atoms with Gasteiger partial charge in [-0.05, 0) is 49.6 Å². The third kappa shape index (κ3) is 3.94. The number of carbonyl (C=O) groups excluding carboxylic acids is 1. The lowest BCUT2D eigenvalue weighted by Crippen LogP contribution is -2.51. The molecule has 0 aromatic heterocycles. The number of hydrogen-bond acceptors (Lipinski definition) is 3. The van der Waals surface area contributed by atoms with E-state index in [1.807, 2.05) is 30.3 Å². The minimum Gasteiger partial charge on any atom is -0.481 e. The predicted molar refractivity (Wildman–Crippen MR) is 98.1 cm³/mol. The fraction of sp³-hybridized carbons (Fsp3) is 0.333. The van der Waals surface area contributed by atoms with Gasteiger partial charge in [0.15, 0.2) is 6.10 Å². The van der Waals surface area contributed by atoms with Crippen molar-refractivity contribution in [1.82, 2.24) is 4.90 Å². The first kappa shape index (κ1) is 18.9. The van der Waals surface area contributed by atoms with E-state index in [0.29, 0.717) is 31.7 Å². The van der Waals surface area contributed by atoms with Gasteiger partial charge in [0.25, 0.3) is 5.91 Å². The van der Waals surface area contributed by atoms with Crippen LogP contribution in [0.3, 0.4) is 0 Å². The summed E-state index contributed by atoms with van der Waals surface area (Å²) in [6.07, 6.45) is -0.0348. The number of carbonyl (C=O) groups is 2. The van der Waals surface area contributed by atoms with E-state index in [1.54, 1.807) is 11.8 Å². The number of halogens is 1. The largest absolute Gasteiger partial charge is 0.481 e. The Morgan fingerprint density at radius 1 is 1.07 bits per heavy atom. The number of piperidine rings is 1. The Bertz CT molecular complexity index is 799. The van der Waals surface area contributed by atoms with Crippen molar-refractivity contribution < 1.29 is 23.8 Å². The number of rotatable bonds is 5. The molecule has 0 radical (unpaired) electrons. The van der Waals surface area contributed by atoms with Crippen molar-refractivity contribution in [1.29, 1.82) is 0 Å². The summed E-state index contributed by atoms with van der Waals surface area (Å²) in [5.41, 5.74) is -0.209. The van der Waals surface area contributed by atoms with Gasteiger partial charge < -0.3 is 14.7 Å². The maximum atomic E-state index is 13.0. The van der Waals surface area contributed by atoms with Gasteiger partial charge in [-0.15, -0.1) is 0 Å². The molecular weight excluding hydrogens is 349 g/mol. The standard InChI is InChI=1S/C21H22FNO4/c1-15(27-18-9-7-17(22)8-10-18)19(24)23-13-11-21(12-14-23,20(25)26)16-5-3-2-4-6-16/h2-10,15H,11-14H2,1H3,(H,25,26). The smallest absolute Gasteiger partial charge is 0.314 e. The molecule has 1 aliphatic rings. The molecule has 0 aliphatic carbocycles. The Morgan fingerprint density at radius 2 is 1.67 bits per heavy atom. The van der Waals surface area contributed by atoms with Gasteiger partial charge in [0.1, 0.15) is 11.6 Å². The van der Waals surface area contributed by atoms with E-state index in [4.69, 9.17) is 4.74 Å². The van der Waals surface area contributed by atoms with E-state index in [0.717, 1.165) is 5.56 Å². The molecule has 2 aromatic carbocycles. The van der Waals surface area contributed by atoms with Gasteiger partial charge in [0.2, 0.25) is 0 Å². The number of amides is 1. The highest BCUT2D eigenvalue weighted by molar-refractivity contribution is 5.84. The fourth-order valence-electron chi connectivity index (χ4n) is 3.52. The molecular formula is C21H22FNO4. The maximum Gasteiger partial charge on any atom is 0.314 e. The monoisotopic (exact) mass is 371 g/mol. The number of carboxylic acids is 1. The highest BCUT2D eigenvalue weighted by Crippen LogP contribution is 2.36. The van der Waals surface area contributed by atoms with Gasteiger partial charge in [-0.1, -0.05) is 30.3 Å². The molecule has 1 saturated heterocycles. The lowest BCUT2D eigenvalue weighted by Gasteiger charge is -2.40. The molecule has 0 bridgehead atoms. The molecule has 0 spiro atoms. The number of ether oxygens (including phenoxy) is 1. The predicted octanol–water partition coefficient (Wildman–Crippen LogP) is 3.24. The Morgan fingerprint density at radius 3 is 2.22 bits per heavy atom. The average molecular weight is 371 g/mol. The zero-order chi connectivity index (χ0) is 19.4. The van der Waals surface area contributed by atoms with Crippen molar-refractivity contribution >= 4 is 11.9 Å². The lowest BCUT2D eigenvalue weighted by molar-refractivity contribution is -0.149. The third-order valence-corrected chi connectivity index (χ3v) is 5.14. The molecule has 27 heavy (non-hydrogen) atoms. The Kier molecular flexibility index (Phi) is 5.44. The van der Waals surface area contributed by atoms with Crippen LogP contribution >= 0.6 is 0 Å². The molecule has 0 saturated carbocycles. The van der Waals surface area contributed by atoms with Crippen LogP contribution in [0.15, 0.2) is 54.6 Å². The molecule has 2 aromatic rings. The van der Waals surface area contributed by atoms with Crippen molar-refractivity contribution in [3.63, 3.8) is 0 Å². The summed E-state index contributed by atoms with van der Waals surface area (Å²) < 4.78 is 18.6. The van der Waals surface area contributed by atoms with E-state index in [-0.39, 0.29) is 11.7 Å². The second kappa shape index (κ2) is 7.78. The summed E-state index contributed by atoms with van der Waals surface area (Å²) in [6.45, 7) is 2.33. The van der Waals surface area contributed by atoms with Crippen LogP contribution < -0.4 is 4.74 Å². The third-order valence-electron chi connectivity index (χ3n) is 5.14. The number of likely N-dealkylation sites (tertiary alicyclic amines) is 1. The molecule has 6 heteroatoms. The molecule has 142 valence electrons. The van der Waals surface area contributed by atoms with E-state index in [1.165, 1.54) is 24.3 Å². The van der Waals surface area contributed by atoms with Gasteiger partial charge in [-0.25, -0.2) is 4.39 Å². The van der Waals surface area contributed by atoms with Crippen molar-refractivity contribution in [2.45, 2.75) is 31.3 Å². The molecule has 1 fully saturated rings. The van der Waals surface area contributed by atoms with Crippen molar-refractivity contribution in [3.05, 3.63) is 66.0 Å². The van der Waals surface area contributed by atoms with Crippen LogP contribution in [0, 0.1) is 5.82 Å². The van der Waals surface area contributed by atoms with Crippen LogP contribution in [0.1, 0.15) is 25.3 Å². The average Bonchev–Trinajstić information content (AvgIpc) is 2.69. The first-order valence-electron chi connectivity index (χ1n) is 8.92. The molecule has 1 amide bonds. The fourth-order valence-corrected chi connectivity index (χ4v) is 3.52. The molecule has 1 atom stereocenters. The summed E-state index contributed by atoms with van der Waals surface area (Å²) in [6, 6.07) is 14.7. The minimum absolute atomic E-state index is 0.202. The number of carboxylic acid groups (broad SMARTS) is 1. The minimum atomic E-state index is -0.973. The summed E-state index contributed by atoms with van der Waals surface area (Å²) in [5, 5.41) is 9.83. The first-order valence-corrected chi connectivity index (χ1v) is 8.92. The van der Waals surface area contributed by atoms with E-state index >= 15 is 0 Å². The second-order valence-electron chi connectivity index (χ2n) is 6.79. The maximum absolute atomic E-state index is 13.0. The Labute approximate surface area is 157 Å². The van der Waals surface area contributed by atoms with Gasteiger partial charge in [0.05, 0.1) is 5.41 Å². The highest BCUT2D eigenvalue weighted by Gasteiger charge is 2.44. The molecule has 5 nitrogen and oxygen atoms in total. The van der Waals surface area contributed by atoms with Gasteiger partial charge in [0, 0.05) is 13.1 Å². The Hall–Kier alpha value is -2.89. The van der Waals surface area contributed by atoms with Crippen LogP contribution in [0.2, 0.25) is 0 Å². The highest BCUT2D eigenvalue weighted by atomic mass is 19.1. The van der Waals surface area contributed by atoms with Gasteiger partial charge in [-0.3, -0.25) is 9.59 Å². The van der Waals surface area contributed by atoms with E-state index in [9.17, 15) is 19.1 Å². The van der Waals surface area contributed by atoms with Gasteiger partial charge in [-0.2, -0.15) is 0 Å². The van der Waals surface area contributed by atoms with Crippen LogP contribution in [0.25, 0.3) is 0 Å². The summed E-state index contributed by atoms with van der Waals surface area (Å²) in [5.74, 6) is -1.02. The van der Waals surface area contributed by atoms with Crippen LogP contribution in [0.4, 0.5) is 4.39 Å². The number of aliphatic carboxylic acids is 1. The number of hydrogen-bond donors (Lipinski definition) is 1. The van der Waals surface area contributed by atoms with Crippen molar-refractivity contribution in [2.75, 3.05) is 13.1 Å². The van der Waals surface area contributed by atoms with Crippen LogP contribution in [-0.2, 0) is 15.0 Å². The molecule has 1 unspecified atom stereocenters. The second-order valence-corrected chi connectivity index (χ2v) is 6.79. The van der Waals surface area contributed by atoms with E-state index in [2.05, 4.69) is 0 Å². The SMILES string of the molecule is CC(Oc1ccc(F)cc1)C(=O)N1CCC(C(=O)O)(c2ccccc2)CC1. The first-order chi connectivity index (χ1) is 12.9. The van der Waals surface area contributed by atoms with Gasteiger partial charge >= 0.3 is 5.97 Å². The van der Waals surface area contributed by atoms with Crippen molar-refractivity contribution in [2.24, 2.45) is 0 Å². The number of benzene rings is 2. The van der Waals surface area contributed by atoms with Crippen molar-refractivity contribution in [3.8, 4) is 5.75 Å². The van der Waals surface area contributed by atoms with Crippen LogP contribution in [0.5, 0.6) is 5.75 Å². The topological polar surface area (TPSA) is 66.8 Å². The summed E-state index contributed by atoms with van der Waals surface area (Å²) >= 11 is 0. The zero-order valence-corrected chi connectivity index (χ0v) is 15.1. The number of nitrogens with zero attached hydrogens (tertiary/aromatic N) is 1. The zero-order valence-electron chi connectivity index (χ0n) is 15.1. The Balaban J connectivity index is 1.66. The summed E-state index contributed by atoms with van der Waals surface area (Å²) in [4.78, 5) is 26.3. The molecule has 1 N–H and O–H groups in total.